The van der Waals surface area contributed by atoms with Gasteiger partial charge in [-0.05, 0) is 110 Å². The van der Waals surface area contributed by atoms with Crippen LogP contribution >= 0.6 is 0 Å². The average Bonchev–Trinajstić information content (AvgIpc) is 4.01. The van der Waals surface area contributed by atoms with E-state index in [1.165, 1.54) is 5.69 Å². The first-order chi connectivity index (χ1) is 30.0. The molecule has 4 aromatic rings. The van der Waals surface area contributed by atoms with E-state index in [9.17, 15) is 9.59 Å². The summed E-state index contributed by atoms with van der Waals surface area (Å²) in [5.41, 5.74) is 5.22. The molecule has 14 nitrogen and oxygen atoms in total. The molecule has 352 valence electrons. The Bertz CT molecular complexity index is 2100. The molecule has 3 aliphatic rings. The number of nitrogens with one attached hydrogen (secondary N) is 1. The number of anilines is 2. The van der Waals surface area contributed by atoms with Crippen LogP contribution < -0.4 is 14.4 Å². The smallest absolute Gasteiger partial charge is 0.411 e. The summed E-state index contributed by atoms with van der Waals surface area (Å²) in [6.45, 7) is 32.7. The van der Waals surface area contributed by atoms with Gasteiger partial charge in [-0.2, -0.15) is 0 Å². The molecular formula is C48H77N8O6Si2+. The average molecular weight is 918 g/mol. The Morgan fingerprint density at radius 2 is 1.25 bits per heavy atom. The van der Waals surface area contributed by atoms with Crippen molar-refractivity contribution >= 4 is 61.8 Å². The molecule has 2 aromatic heterocycles. The molecule has 0 unspecified atom stereocenters. The van der Waals surface area contributed by atoms with E-state index in [1.807, 2.05) is 51.3 Å². The third kappa shape index (κ3) is 11.8. The Morgan fingerprint density at radius 1 is 0.719 bits per heavy atom. The van der Waals surface area contributed by atoms with Crippen molar-refractivity contribution < 1.29 is 33.1 Å². The maximum Gasteiger partial charge on any atom is 0.411 e. The van der Waals surface area contributed by atoms with Crippen LogP contribution in [0.25, 0.3) is 22.1 Å². The molecule has 2 aromatic carbocycles. The number of likely N-dealkylation sites (tertiary alicyclic amines) is 2. The van der Waals surface area contributed by atoms with Crippen molar-refractivity contribution in [2.45, 2.75) is 155 Å². The Kier molecular flexibility index (Phi) is 14.2. The second-order valence-corrected chi connectivity index (χ2v) is 33.8. The number of nitrogens with zero attached hydrogens (tertiary/aromatic N) is 7. The standard InChI is InChI=1S/C48H76N8O6Si2/c1-47(2,3)61-45(57)53-21-13-15-39(53)43-49-37-19-17-35(31-41(37)55(43)33-59-27-29-63(7,8)9)51-23-25-52(26-24-51)36-18-20-38-42(32-36)56(34-60-28-30-64(10,11)12)44(50-38)40-16-14-22-54(40)46(58)62-48(4,5)6/h17-20,31-32,39-40H,13-16,21-30,33-34H2,1-12H3/p+1/t39-,40-/m0/s1. The van der Waals surface area contributed by atoms with Crippen molar-refractivity contribution in [3.05, 3.63) is 48.0 Å². The third-order valence-electron chi connectivity index (χ3n) is 12.4. The number of carbonyl (C=O) groups is 2. The number of rotatable bonds is 14. The first-order valence-electron chi connectivity index (χ1n) is 23.7. The van der Waals surface area contributed by atoms with Crippen molar-refractivity contribution in [3.8, 4) is 0 Å². The molecule has 64 heavy (non-hydrogen) atoms. The highest BCUT2D eigenvalue weighted by molar-refractivity contribution is 6.76. The van der Waals surface area contributed by atoms with Gasteiger partial charge >= 0.3 is 12.2 Å². The Hall–Kier alpha value is -4.13. The zero-order valence-corrected chi connectivity index (χ0v) is 43.0. The minimum Gasteiger partial charge on any atom is -0.444 e. The first-order valence-corrected chi connectivity index (χ1v) is 31.2. The van der Waals surface area contributed by atoms with E-state index in [4.69, 9.17) is 23.9 Å². The van der Waals surface area contributed by atoms with Gasteiger partial charge in [0, 0.05) is 86.1 Å². The van der Waals surface area contributed by atoms with Gasteiger partial charge in [0.2, 0.25) is 0 Å². The minimum atomic E-state index is -1.28. The van der Waals surface area contributed by atoms with Crippen LogP contribution in [0.3, 0.4) is 0 Å². The molecule has 5 heterocycles. The molecule has 0 bridgehead atoms. The number of imidazole rings is 2. The number of amides is 2. The van der Waals surface area contributed by atoms with Crippen molar-refractivity contribution in [3.63, 3.8) is 0 Å². The summed E-state index contributed by atoms with van der Waals surface area (Å²) in [5.74, 6) is 1.85. The zero-order valence-electron chi connectivity index (χ0n) is 41.0. The molecular weight excluding hydrogens is 841 g/mol. The summed E-state index contributed by atoms with van der Waals surface area (Å²) in [4.78, 5) is 44.5. The summed E-state index contributed by atoms with van der Waals surface area (Å²) in [7, 11) is -2.56. The zero-order chi connectivity index (χ0) is 46.2. The van der Waals surface area contributed by atoms with Crippen LogP contribution in [0.4, 0.5) is 21.0 Å². The van der Waals surface area contributed by atoms with Crippen molar-refractivity contribution in [1.82, 2.24) is 24.3 Å². The number of hydrogen-bond acceptors (Lipinski definition) is 9. The highest BCUT2D eigenvalue weighted by Crippen LogP contribution is 2.37. The van der Waals surface area contributed by atoms with Gasteiger partial charge in [0.1, 0.15) is 29.8 Å². The van der Waals surface area contributed by atoms with Crippen LogP contribution in [0.5, 0.6) is 0 Å². The fourth-order valence-electron chi connectivity index (χ4n) is 8.96. The van der Waals surface area contributed by atoms with Gasteiger partial charge in [-0.15, -0.1) is 0 Å². The van der Waals surface area contributed by atoms with Crippen molar-refractivity contribution in [2.75, 3.05) is 62.3 Å². The largest absolute Gasteiger partial charge is 0.444 e. The third-order valence-corrected chi connectivity index (χ3v) is 15.8. The molecule has 0 radical (unpaired) electrons. The lowest BCUT2D eigenvalue weighted by atomic mass is 10.2. The van der Waals surface area contributed by atoms with Gasteiger partial charge in [-0.1, -0.05) is 39.3 Å². The molecule has 2 amide bonds. The number of benzene rings is 2. The first kappa shape index (κ1) is 47.8. The van der Waals surface area contributed by atoms with Crippen LogP contribution in [0.2, 0.25) is 51.4 Å². The maximum absolute atomic E-state index is 13.4. The lowest BCUT2D eigenvalue weighted by molar-refractivity contribution is -0.717. The molecule has 0 aliphatic carbocycles. The van der Waals surface area contributed by atoms with E-state index in [-0.39, 0.29) is 24.3 Å². The van der Waals surface area contributed by atoms with E-state index >= 15 is 0 Å². The van der Waals surface area contributed by atoms with E-state index < -0.39 is 27.3 Å². The Labute approximate surface area is 383 Å². The van der Waals surface area contributed by atoms with E-state index in [1.54, 1.807) is 0 Å². The molecule has 3 saturated heterocycles. The van der Waals surface area contributed by atoms with Crippen LogP contribution in [0.1, 0.15) is 91.0 Å². The number of hydrogen-bond donors (Lipinski definition) is 1. The fourth-order valence-corrected chi connectivity index (χ4v) is 10.5. The number of fused-ring (bicyclic) bond motifs is 2. The highest BCUT2D eigenvalue weighted by Gasteiger charge is 2.41. The summed E-state index contributed by atoms with van der Waals surface area (Å²) in [5, 5.41) is 0. The Balaban J connectivity index is 1.12. The molecule has 0 spiro atoms. The second-order valence-electron chi connectivity index (χ2n) is 22.5. The number of H-pyrrole nitrogens is 1. The number of aromatic amines is 1. The second kappa shape index (κ2) is 19.0. The normalized spacial score (nSPS) is 19.1. The molecule has 0 saturated carbocycles. The molecule has 1 N–H and O–H groups in total. The number of piperazine rings is 1. The van der Waals surface area contributed by atoms with Crippen LogP contribution in [0, 0.1) is 0 Å². The number of ether oxygens (including phenoxy) is 4. The predicted octanol–water partition coefficient (Wildman–Crippen LogP) is 9.90. The maximum atomic E-state index is 13.4. The monoisotopic (exact) mass is 918 g/mol. The number of aromatic nitrogens is 4. The van der Waals surface area contributed by atoms with Gasteiger partial charge in [0.15, 0.2) is 17.8 Å². The highest BCUT2D eigenvalue weighted by atomic mass is 28.3. The minimum absolute atomic E-state index is 0.127. The van der Waals surface area contributed by atoms with Gasteiger partial charge in [0.05, 0.1) is 17.1 Å². The summed E-state index contributed by atoms with van der Waals surface area (Å²) in [6.07, 6.45) is 2.95. The van der Waals surface area contributed by atoms with Crippen molar-refractivity contribution in [2.24, 2.45) is 0 Å². The lowest BCUT2D eigenvalue weighted by Crippen LogP contribution is -2.47. The fraction of sp³-hybridized carbons (Fsp3) is 0.667. The van der Waals surface area contributed by atoms with Crippen LogP contribution in [-0.2, 0) is 32.4 Å². The summed E-state index contributed by atoms with van der Waals surface area (Å²) < 4.78 is 29.0. The predicted molar refractivity (Wildman–Crippen MR) is 261 cm³/mol. The van der Waals surface area contributed by atoms with Gasteiger partial charge in [0.25, 0.3) is 5.82 Å². The van der Waals surface area contributed by atoms with Gasteiger partial charge in [-0.3, -0.25) is 9.80 Å². The summed E-state index contributed by atoms with van der Waals surface area (Å²) >= 11 is 0. The van der Waals surface area contributed by atoms with Crippen molar-refractivity contribution in [1.29, 1.82) is 0 Å². The molecule has 7 rings (SSSR count). The molecule has 3 fully saturated rings. The van der Waals surface area contributed by atoms with Crippen LogP contribution in [0.15, 0.2) is 36.4 Å². The number of carbonyl (C=O) groups excluding carboxylic acids is 2. The quantitative estimate of drug-likeness (QED) is 0.0749. The van der Waals surface area contributed by atoms with E-state index in [0.717, 1.165) is 103 Å². The van der Waals surface area contributed by atoms with Gasteiger partial charge < -0.3 is 33.3 Å². The topological polar surface area (TPSA) is 122 Å². The lowest BCUT2D eigenvalue weighted by Gasteiger charge is -2.37. The van der Waals surface area contributed by atoms with Crippen LogP contribution in [-0.4, -0.2) is 116 Å². The Morgan fingerprint density at radius 3 is 1.83 bits per heavy atom. The van der Waals surface area contributed by atoms with E-state index in [0.29, 0.717) is 39.8 Å². The van der Waals surface area contributed by atoms with E-state index in [2.05, 4.69) is 99.6 Å². The molecule has 2 atom stereocenters. The van der Waals surface area contributed by atoms with Gasteiger partial charge in [-0.25, -0.2) is 24.1 Å². The summed E-state index contributed by atoms with van der Waals surface area (Å²) in [6, 6.07) is 15.1. The SMILES string of the molecule is CC(C)(C)OC(=O)N1CCC[C@H]1c1nc2ccc(N3CCN(c4ccc5[nH]c([C@@H]6CCCN6C(=O)OC(C)(C)C)[n+](COCC[Si](C)(C)C)c5c4)CC3)cc2n1COCC[Si](C)(C)C. The molecule has 16 heteroatoms. The molecule has 3 aliphatic heterocycles.